The maximum Gasteiger partial charge on any atom is 0.360 e. The van der Waals surface area contributed by atoms with Gasteiger partial charge in [0.15, 0.2) is 0 Å². The first-order valence-corrected chi connectivity index (χ1v) is 8.97. The maximum absolute atomic E-state index is 13.2. The summed E-state index contributed by atoms with van der Waals surface area (Å²) < 4.78 is 0. The number of hydrogen-bond acceptors (Lipinski definition) is 3. The molecule has 0 saturated heterocycles. The molecule has 0 unspecified atom stereocenters. The number of carbonyl (C=O) groups is 1. The maximum atomic E-state index is 13.2. The smallest absolute Gasteiger partial charge is 0.297 e. The summed E-state index contributed by atoms with van der Waals surface area (Å²) in [6.45, 7) is 7.95. The molecule has 138 valence electrons. The fourth-order valence-electron chi connectivity index (χ4n) is 3.81. The summed E-state index contributed by atoms with van der Waals surface area (Å²) >= 11 is 0. The largest absolute Gasteiger partial charge is 0.360 e. The molecule has 3 heteroatoms. The minimum absolute atomic E-state index is 0.181. The summed E-state index contributed by atoms with van der Waals surface area (Å²) in [7, 11) is 1.35. The van der Waals surface area contributed by atoms with Gasteiger partial charge in [0.25, 0.3) is 0 Å². The van der Waals surface area contributed by atoms with Gasteiger partial charge >= 0.3 is 5.97 Å². The first-order valence-electron chi connectivity index (χ1n) is 8.97. The summed E-state index contributed by atoms with van der Waals surface area (Å²) in [4.78, 5) is 23.1. The lowest BCUT2D eigenvalue weighted by Gasteiger charge is -2.38. The molecular weight excluding hydrogens is 336 g/mol. The van der Waals surface area contributed by atoms with Gasteiger partial charge in [-0.1, -0.05) is 91.9 Å². The Hall–Kier alpha value is -2.91. The van der Waals surface area contributed by atoms with Crippen LogP contribution < -0.4 is 0 Å². The van der Waals surface area contributed by atoms with Crippen LogP contribution in [0.2, 0.25) is 0 Å². The van der Waals surface area contributed by atoms with E-state index in [4.69, 9.17) is 9.78 Å². The van der Waals surface area contributed by atoms with Crippen LogP contribution in [0.4, 0.5) is 0 Å². The highest BCUT2D eigenvalue weighted by Crippen LogP contribution is 2.48. The molecule has 3 nitrogen and oxygen atoms in total. The Balaban J connectivity index is 2.30. The zero-order valence-corrected chi connectivity index (χ0v) is 15.9. The van der Waals surface area contributed by atoms with Crippen molar-refractivity contribution in [1.82, 2.24) is 0 Å². The van der Waals surface area contributed by atoms with Crippen molar-refractivity contribution < 1.29 is 14.6 Å². The lowest BCUT2D eigenvalue weighted by atomic mass is 9.63. The van der Waals surface area contributed by atoms with E-state index < -0.39 is 11.4 Å². The predicted molar refractivity (Wildman–Crippen MR) is 107 cm³/mol. The second kappa shape index (κ2) is 7.77. The molecule has 0 saturated carbocycles. The molecule has 0 radical (unpaired) electrons. The number of rotatable bonds is 5. The number of benzene rings is 2. The van der Waals surface area contributed by atoms with Gasteiger partial charge in [-0.15, -0.1) is 0 Å². The number of hydrogen-bond donors (Lipinski definition) is 0. The Morgan fingerprint density at radius 1 is 1.04 bits per heavy atom. The zero-order chi connectivity index (χ0) is 19.4. The van der Waals surface area contributed by atoms with Crippen LogP contribution in [0.5, 0.6) is 0 Å². The molecule has 0 aromatic heterocycles. The summed E-state index contributed by atoms with van der Waals surface area (Å²) in [5, 5.41) is 0. The van der Waals surface area contributed by atoms with E-state index in [0.717, 1.165) is 27.8 Å². The van der Waals surface area contributed by atoms with E-state index in [1.807, 2.05) is 67.6 Å². The normalized spacial score (nSPS) is 21.1. The molecule has 0 fully saturated rings. The van der Waals surface area contributed by atoms with Crippen LogP contribution in [0.25, 0.3) is 0 Å². The third kappa shape index (κ3) is 3.26. The third-order valence-electron chi connectivity index (χ3n) is 5.02. The van der Waals surface area contributed by atoms with Gasteiger partial charge in [0, 0.05) is 5.92 Å². The third-order valence-corrected chi connectivity index (χ3v) is 5.02. The van der Waals surface area contributed by atoms with E-state index in [0.29, 0.717) is 0 Å². The molecule has 1 aliphatic rings. The lowest BCUT2D eigenvalue weighted by Crippen LogP contribution is -2.41. The van der Waals surface area contributed by atoms with Gasteiger partial charge in [-0.2, -0.15) is 4.89 Å². The van der Waals surface area contributed by atoms with Gasteiger partial charge in [0.1, 0.15) is 5.41 Å². The van der Waals surface area contributed by atoms with Crippen molar-refractivity contribution in [2.75, 3.05) is 7.11 Å². The van der Waals surface area contributed by atoms with Gasteiger partial charge in [0.2, 0.25) is 0 Å². The first-order chi connectivity index (χ1) is 13.0. The highest BCUT2D eigenvalue weighted by Gasteiger charge is 2.48. The number of fused-ring (bicyclic) bond motifs is 2. The quantitative estimate of drug-likeness (QED) is 0.416. The van der Waals surface area contributed by atoms with E-state index in [1.54, 1.807) is 0 Å². The van der Waals surface area contributed by atoms with Crippen LogP contribution >= 0.6 is 0 Å². The monoisotopic (exact) mass is 360 g/mol. The molecule has 0 amide bonds. The average molecular weight is 360 g/mol. The van der Waals surface area contributed by atoms with Gasteiger partial charge in [-0.3, -0.25) is 4.89 Å². The molecule has 1 aliphatic carbocycles. The first kappa shape index (κ1) is 18.9. The van der Waals surface area contributed by atoms with E-state index in [2.05, 4.69) is 25.6 Å². The summed E-state index contributed by atoms with van der Waals surface area (Å²) in [5.41, 5.74) is 3.91. The van der Waals surface area contributed by atoms with Crippen molar-refractivity contribution in [3.05, 3.63) is 107 Å². The Morgan fingerprint density at radius 3 is 2.11 bits per heavy atom. The fraction of sp³-hybridized carbons (Fsp3) is 0.208. The van der Waals surface area contributed by atoms with Crippen LogP contribution in [-0.4, -0.2) is 13.1 Å². The van der Waals surface area contributed by atoms with Crippen molar-refractivity contribution in [3.63, 3.8) is 0 Å². The van der Waals surface area contributed by atoms with Crippen LogP contribution in [-0.2, 0) is 20.0 Å². The minimum atomic E-state index is -1.07. The number of carbonyl (C=O) groups excluding carboxylic acids is 1. The highest BCUT2D eigenvalue weighted by molar-refractivity contribution is 5.92. The highest BCUT2D eigenvalue weighted by atomic mass is 17.2. The standard InChI is InChI=1S/C24H24O3/c1-17(2)11-9-10-16-24(23(25)27-26-4)21-14-7-5-12-19(21)18(3)20-13-6-8-15-22(20)24/h5-16,18H,1H2,2-4H3/b11-9-,16-10-. The number of allylic oxidation sites excluding steroid dienone is 4. The van der Waals surface area contributed by atoms with Crippen molar-refractivity contribution in [2.24, 2.45) is 0 Å². The summed E-state index contributed by atoms with van der Waals surface area (Å²) in [5.74, 6) is -0.281. The molecule has 3 rings (SSSR count). The van der Waals surface area contributed by atoms with E-state index >= 15 is 0 Å². The molecule has 2 aromatic rings. The summed E-state index contributed by atoms with van der Waals surface area (Å²) in [6.07, 6.45) is 7.54. The van der Waals surface area contributed by atoms with Gasteiger partial charge in [0.05, 0.1) is 7.11 Å². The SMILES string of the molecule is C=C(C)/C=C\C=C/C1(C(=O)OOC)c2ccccc2C(C)c2ccccc21. The molecule has 2 aromatic carbocycles. The van der Waals surface area contributed by atoms with Crippen molar-refractivity contribution in [1.29, 1.82) is 0 Å². The molecule has 0 bridgehead atoms. The molecule has 0 N–H and O–H groups in total. The Kier molecular flexibility index (Phi) is 5.43. The molecule has 27 heavy (non-hydrogen) atoms. The second-order valence-corrected chi connectivity index (χ2v) is 6.81. The van der Waals surface area contributed by atoms with Crippen molar-refractivity contribution >= 4 is 5.97 Å². The lowest BCUT2D eigenvalue weighted by molar-refractivity contribution is -0.258. The minimum Gasteiger partial charge on any atom is -0.297 e. The molecule has 0 heterocycles. The van der Waals surface area contributed by atoms with Crippen LogP contribution in [0.3, 0.4) is 0 Å². The zero-order valence-electron chi connectivity index (χ0n) is 15.9. The Bertz CT molecular complexity index is 873. The van der Waals surface area contributed by atoms with E-state index in [-0.39, 0.29) is 5.92 Å². The predicted octanol–water partition coefficient (Wildman–Crippen LogP) is 5.23. The van der Waals surface area contributed by atoms with Gasteiger partial charge in [-0.05, 0) is 29.2 Å². The van der Waals surface area contributed by atoms with E-state index in [1.165, 1.54) is 7.11 Å². The van der Waals surface area contributed by atoms with E-state index in [9.17, 15) is 4.79 Å². The van der Waals surface area contributed by atoms with Crippen molar-refractivity contribution in [3.8, 4) is 0 Å². The van der Waals surface area contributed by atoms with Crippen LogP contribution in [0, 0.1) is 0 Å². The van der Waals surface area contributed by atoms with Gasteiger partial charge in [-0.25, -0.2) is 4.79 Å². The van der Waals surface area contributed by atoms with Crippen molar-refractivity contribution in [2.45, 2.75) is 25.2 Å². The average Bonchev–Trinajstić information content (AvgIpc) is 2.67. The second-order valence-electron chi connectivity index (χ2n) is 6.81. The molecule has 0 spiro atoms. The molecular formula is C24H24O3. The van der Waals surface area contributed by atoms with Crippen LogP contribution in [0.15, 0.2) is 85.0 Å². The van der Waals surface area contributed by atoms with Gasteiger partial charge < -0.3 is 0 Å². The molecule has 0 aliphatic heterocycles. The fourth-order valence-corrected chi connectivity index (χ4v) is 3.81. The molecule has 0 atom stereocenters. The Labute approximate surface area is 160 Å². The Morgan fingerprint density at radius 2 is 1.59 bits per heavy atom. The summed E-state index contributed by atoms with van der Waals surface area (Å²) in [6, 6.07) is 16.0. The van der Waals surface area contributed by atoms with Crippen LogP contribution in [0.1, 0.15) is 42.0 Å². The topological polar surface area (TPSA) is 35.5 Å².